The van der Waals surface area contributed by atoms with Crippen molar-refractivity contribution >= 4 is 0 Å². The summed E-state index contributed by atoms with van der Waals surface area (Å²) in [7, 11) is 0. The molecule has 1 fully saturated rings. The molecule has 0 saturated carbocycles. The summed E-state index contributed by atoms with van der Waals surface area (Å²) in [5.74, 6) is -0.251. The topological polar surface area (TPSA) is 28.2 Å². The van der Waals surface area contributed by atoms with Crippen LogP contribution in [0.1, 0.15) is 31.7 Å². The van der Waals surface area contributed by atoms with Gasteiger partial charge < -0.3 is 5.32 Å². The average molecular weight is 251 g/mol. The Hall–Kier alpha value is -1.00. The SMILES string of the molecule is CCN(Cc1cncc(F)c1)CC1CCCCN1. The lowest BCUT2D eigenvalue weighted by Gasteiger charge is -2.29. The van der Waals surface area contributed by atoms with E-state index >= 15 is 0 Å². The number of nitrogens with zero attached hydrogens (tertiary/aromatic N) is 2. The highest BCUT2D eigenvalue weighted by molar-refractivity contribution is 5.10. The number of aromatic nitrogens is 1. The molecule has 1 unspecified atom stereocenters. The van der Waals surface area contributed by atoms with E-state index in [1.807, 2.05) is 0 Å². The number of halogens is 1. The van der Waals surface area contributed by atoms with Gasteiger partial charge in [0.25, 0.3) is 0 Å². The molecule has 1 aromatic rings. The molecule has 0 aliphatic carbocycles. The standard InChI is InChI=1S/C14H22FN3/c1-2-18(11-14-5-3-4-6-17-14)10-12-7-13(15)9-16-8-12/h7-9,14,17H,2-6,10-11H2,1H3. The largest absolute Gasteiger partial charge is 0.313 e. The first-order valence-electron chi connectivity index (χ1n) is 6.83. The van der Waals surface area contributed by atoms with Crippen molar-refractivity contribution in [2.45, 2.75) is 38.8 Å². The molecular weight excluding hydrogens is 229 g/mol. The van der Waals surface area contributed by atoms with Crippen LogP contribution in [0.5, 0.6) is 0 Å². The van der Waals surface area contributed by atoms with Crippen LogP contribution in [-0.4, -0.2) is 35.6 Å². The number of hydrogen-bond acceptors (Lipinski definition) is 3. The Morgan fingerprint density at radius 3 is 3.00 bits per heavy atom. The highest BCUT2D eigenvalue weighted by atomic mass is 19.1. The molecule has 2 heterocycles. The van der Waals surface area contributed by atoms with E-state index in [9.17, 15) is 4.39 Å². The summed E-state index contributed by atoms with van der Waals surface area (Å²) in [6.45, 7) is 6.07. The van der Waals surface area contributed by atoms with Gasteiger partial charge in [-0.05, 0) is 37.6 Å². The first-order chi connectivity index (χ1) is 8.78. The van der Waals surface area contributed by atoms with E-state index in [0.717, 1.165) is 31.7 Å². The van der Waals surface area contributed by atoms with Crippen LogP contribution in [-0.2, 0) is 6.54 Å². The van der Waals surface area contributed by atoms with Crippen molar-refractivity contribution in [3.8, 4) is 0 Å². The van der Waals surface area contributed by atoms with E-state index in [1.165, 1.54) is 25.5 Å². The van der Waals surface area contributed by atoms with E-state index < -0.39 is 0 Å². The van der Waals surface area contributed by atoms with Crippen LogP contribution in [0.3, 0.4) is 0 Å². The average Bonchev–Trinajstić information content (AvgIpc) is 2.39. The van der Waals surface area contributed by atoms with Crippen molar-refractivity contribution in [2.75, 3.05) is 19.6 Å². The van der Waals surface area contributed by atoms with Crippen LogP contribution in [0.15, 0.2) is 18.5 Å². The van der Waals surface area contributed by atoms with Gasteiger partial charge in [0.1, 0.15) is 5.82 Å². The first kappa shape index (κ1) is 13.4. The summed E-state index contributed by atoms with van der Waals surface area (Å²) in [5, 5.41) is 3.55. The molecule has 2 rings (SSSR count). The maximum absolute atomic E-state index is 13.1. The molecule has 100 valence electrons. The second-order valence-corrected chi connectivity index (χ2v) is 4.99. The molecule has 0 spiro atoms. The van der Waals surface area contributed by atoms with Crippen LogP contribution in [0.25, 0.3) is 0 Å². The van der Waals surface area contributed by atoms with Gasteiger partial charge in [0.15, 0.2) is 0 Å². The normalized spacial score (nSPS) is 20.3. The monoisotopic (exact) mass is 251 g/mol. The van der Waals surface area contributed by atoms with Crippen molar-refractivity contribution in [3.63, 3.8) is 0 Å². The molecule has 3 nitrogen and oxygen atoms in total. The molecule has 18 heavy (non-hydrogen) atoms. The second-order valence-electron chi connectivity index (χ2n) is 4.99. The van der Waals surface area contributed by atoms with Crippen molar-refractivity contribution in [1.29, 1.82) is 0 Å². The minimum absolute atomic E-state index is 0.251. The fourth-order valence-electron chi connectivity index (χ4n) is 2.50. The fraction of sp³-hybridized carbons (Fsp3) is 0.643. The summed E-state index contributed by atoms with van der Waals surface area (Å²) < 4.78 is 13.1. The van der Waals surface area contributed by atoms with Gasteiger partial charge in [-0.25, -0.2) is 4.39 Å². The maximum atomic E-state index is 13.1. The molecule has 0 aromatic carbocycles. The van der Waals surface area contributed by atoms with Crippen LogP contribution in [0.2, 0.25) is 0 Å². The molecule has 1 aliphatic rings. The smallest absolute Gasteiger partial charge is 0.141 e. The Morgan fingerprint density at radius 2 is 2.33 bits per heavy atom. The third-order valence-electron chi connectivity index (χ3n) is 3.51. The molecule has 1 N–H and O–H groups in total. The summed E-state index contributed by atoms with van der Waals surface area (Å²) in [5.41, 5.74) is 0.952. The van der Waals surface area contributed by atoms with Crippen LogP contribution >= 0.6 is 0 Å². The van der Waals surface area contributed by atoms with E-state index in [0.29, 0.717) is 6.04 Å². The van der Waals surface area contributed by atoms with Crippen LogP contribution < -0.4 is 5.32 Å². The lowest BCUT2D eigenvalue weighted by atomic mass is 10.0. The summed E-state index contributed by atoms with van der Waals surface area (Å²) in [6, 6.07) is 2.16. The highest BCUT2D eigenvalue weighted by Gasteiger charge is 2.16. The highest BCUT2D eigenvalue weighted by Crippen LogP contribution is 2.11. The first-order valence-corrected chi connectivity index (χ1v) is 6.83. The Morgan fingerprint density at radius 1 is 1.44 bits per heavy atom. The summed E-state index contributed by atoms with van der Waals surface area (Å²) in [4.78, 5) is 6.25. The number of nitrogens with one attached hydrogen (secondary N) is 1. The van der Waals surface area contributed by atoms with E-state index in [-0.39, 0.29) is 5.82 Å². The van der Waals surface area contributed by atoms with Crippen LogP contribution in [0, 0.1) is 5.82 Å². The Labute approximate surface area is 108 Å². The number of piperidine rings is 1. The zero-order chi connectivity index (χ0) is 12.8. The molecular formula is C14H22FN3. The minimum atomic E-state index is -0.251. The predicted molar refractivity (Wildman–Crippen MR) is 70.8 cm³/mol. The Kier molecular flexibility index (Phi) is 5.08. The fourth-order valence-corrected chi connectivity index (χ4v) is 2.50. The number of rotatable bonds is 5. The van der Waals surface area contributed by atoms with Crippen molar-refractivity contribution in [3.05, 3.63) is 29.8 Å². The lowest BCUT2D eigenvalue weighted by Crippen LogP contribution is -2.43. The van der Waals surface area contributed by atoms with E-state index in [4.69, 9.17) is 0 Å². The maximum Gasteiger partial charge on any atom is 0.141 e. The molecule has 1 aliphatic heterocycles. The van der Waals surface area contributed by atoms with Gasteiger partial charge in [0.2, 0.25) is 0 Å². The molecule has 4 heteroatoms. The van der Waals surface area contributed by atoms with Gasteiger partial charge in [0, 0.05) is 25.3 Å². The van der Waals surface area contributed by atoms with E-state index in [2.05, 4.69) is 22.1 Å². The van der Waals surface area contributed by atoms with Crippen molar-refractivity contribution in [2.24, 2.45) is 0 Å². The van der Waals surface area contributed by atoms with Gasteiger partial charge in [0.05, 0.1) is 6.20 Å². The van der Waals surface area contributed by atoms with Crippen LogP contribution in [0.4, 0.5) is 4.39 Å². The number of hydrogen-bond donors (Lipinski definition) is 1. The Bertz CT molecular complexity index is 364. The summed E-state index contributed by atoms with van der Waals surface area (Å²) in [6.07, 6.45) is 6.85. The predicted octanol–water partition coefficient (Wildman–Crippen LogP) is 2.18. The zero-order valence-corrected chi connectivity index (χ0v) is 11.0. The minimum Gasteiger partial charge on any atom is -0.313 e. The summed E-state index contributed by atoms with van der Waals surface area (Å²) >= 11 is 0. The van der Waals surface area contributed by atoms with Gasteiger partial charge >= 0.3 is 0 Å². The molecule has 1 atom stereocenters. The quantitative estimate of drug-likeness (QED) is 0.869. The zero-order valence-electron chi connectivity index (χ0n) is 11.0. The van der Waals surface area contributed by atoms with Gasteiger partial charge in [-0.15, -0.1) is 0 Å². The van der Waals surface area contributed by atoms with Gasteiger partial charge in [-0.2, -0.15) is 0 Å². The van der Waals surface area contributed by atoms with Crippen molar-refractivity contribution in [1.82, 2.24) is 15.2 Å². The van der Waals surface area contributed by atoms with Crippen molar-refractivity contribution < 1.29 is 4.39 Å². The lowest BCUT2D eigenvalue weighted by molar-refractivity contribution is 0.226. The Balaban J connectivity index is 1.88. The number of pyridine rings is 1. The second kappa shape index (κ2) is 6.81. The third-order valence-corrected chi connectivity index (χ3v) is 3.51. The third kappa shape index (κ3) is 4.03. The molecule has 0 bridgehead atoms. The molecule has 0 amide bonds. The van der Waals surface area contributed by atoms with Gasteiger partial charge in [-0.3, -0.25) is 9.88 Å². The molecule has 1 saturated heterocycles. The van der Waals surface area contributed by atoms with E-state index in [1.54, 1.807) is 12.3 Å². The van der Waals surface area contributed by atoms with Gasteiger partial charge in [-0.1, -0.05) is 13.3 Å². The molecule has 1 aromatic heterocycles. The molecule has 0 radical (unpaired) electrons. The number of likely N-dealkylation sites (N-methyl/N-ethyl adjacent to an activating group) is 1.